The quantitative estimate of drug-likeness (QED) is 0.835. The zero-order valence-electron chi connectivity index (χ0n) is 12.7. The first-order valence-corrected chi connectivity index (χ1v) is 7.09. The van der Waals surface area contributed by atoms with Crippen LogP contribution in [0.4, 0.5) is 0 Å². The summed E-state index contributed by atoms with van der Waals surface area (Å²) < 4.78 is 0. The van der Waals surface area contributed by atoms with Crippen molar-refractivity contribution < 1.29 is 14.7 Å². The second-order valence-electron chi connectivity index (χ2n) is 7.26. The minimum Gasteiger partial charge on any atom is -0.481 e. The molecule has 19 heavy (non-hydrogen) atoms. The van der Waals surface area contributed by atoms with Gasteiger partial charge in [0, 0.05) is 20.0 Å². The van der Waals surface area contributed by atoms with Gasteiger partial charge in [0.15, 0.2) is 0 Å². The van der Waals surface area contributed by atoms with Crippen LogP contribution >= 0.6 is 0 Å². The maximum Gasteiger partial charge on any atom is 0.303 e. The van der Waals surface area contributed by atoms with Crippen LogP contribution in [-0.2, 0) is 9.59 Å². The van der Waals surface area contributed by atoms with Crippen LogP contribution in [0.25, 0.3) is 0 Å². The standard InChI is InChI=1S/C15H27NO3/c1-14(2,3)11-16(4)12(17)9-15(10-13(18)19)7-5-6-8-15/h5-11H2,1-4H3,(H,18,19). The lowest BCUT2D eigenvalue weighted by Gasteiger charge is -2.32. The first-order valence-electron chi connectivity index (χ1n) is 7.09. The van der Waals surface area contributed by atoms with Gasteiger partial charge in [-0.3, -0.25) is 9.59 Å². The van der Waals surface area contributed by atoms with Gasteiger partial charge in [-0.05, 0) is 23.7 Å². The number of carbonyl (C=O) groups is 2. The summed E-state index contributed by atoms with van der Waals surface area (Å²) in [4.78, 5) is 25.1. The third-order valence-corrected chi connectivity index (χ3v) is 3.85. The van der Waals surface area contributed by atoms with Gasteiger partial charge in [0.1, 0.15) is 0 Å². The molecule has 1 aliphatic carbocycles. The highest BCUT2D eigenvalue weighted by Gasteiger charge is 2.38. The van der Waals surface area contributed by atoms with Gasteiger partial charge in [-0.2, -0.15) is 0 Å². The second kappa shape index (κ2) is 5.93. The van der Waals surface area contributed by atoms with Gasteiger partial charge >= 0.3 is 5.97 Å². The normalized spacial score (nSPS) is 18.3. The lowest BCUT2D eigenvalue weighted by atomic mass is 9.79. The number of hydrogen-bond acceptors (Lipinski definition) is 2. The summed E-state index contributed by atoms with van der Waals surface area (Å²) in [6.07, 6.45) is 4.34. The van der Waals surface area contributed by atoms with E-state index in [0.717, 1.165) is 25.7 Å². The van der Waals surface area contributed by atoms with Gasteiger partial charge in [0.2, 0.25) is 5.91 Å². The Morgan fingerprint density at radius 3 is 2.11 bits per heavy atom. The van der Waals surface area contributed by atoms with E-state index in [4.69, 9.17) is 5.11 Å². The minimum atomic E-state index is -0.784. The van der Waals surface area contributed by atoms with Crippen LogP contribution in [0.2, 0.25) is 0 Å². The molecule has 1 aliphatic rings. The first-order chi connectivity index (χ1) is 8.64. The Balaban J connectivity index is 2.64. The van der Waals surface area contributed by atoms with E-state index < -0.39 is 5.97 Å². The third kappa shape index (κ3) is 5.21. The molecule has 0 aromatic heterocycles. The van der Waals surface area contributed by atoms with Crippen molar-refractivity contribution in [1.29, 1.82) is 0 Å². The Labute approximate surface area is 116 Å². The second-order valence-corrected chi connectivity index (χ2v) is 7.26. The van der Waals surface area contributed by atoms with Crippen molar-refractivity contribution in [3.63, 3.8) is 0 Å². The molecule has 0 spiro atoms. The number of nitrogens with zero attached hydrogens (tertiary/aromatic N) is 1. The van der Waals surface area contributed by atoms with Crippen molar-refractivity contribution in [3.8, 4) is 0 Å². The molecule has 1 saturated carbocycles. The van der Waals surface area contributed by atoms with E-state index >= 15 is 0 Å². The molecular weight excluding hydrogens is 242 g/mol. The molecule has 0 aromatic rings. The molecule has 1 N–H and O–H groups in total. The maximum atomic E-state index is 12.3. The van der Waals surface area contributed by atoms with Crippen LogP contribution in [0.5, 0.6) is 0 Å². The van der Waals surface area contributed by atoms with Crippen molar-refractivity contribution in [1.82, 2.24) is 4.90 Å². The fourth-order valence-electron chi connectivity index (χ4n) is 3.12. The van der Waals surface area contributed by atoms with Gasteiger partial charge in [0.25, 0.3) is 0 Å². The number of aliphatic carboxylic acids is 1. The van der Waals surface area contributed by atoms with E-state index in [1.807, 2.05) is 7.05 Å². The van der Waals surface area contributed by atoms with Crippen molar-refractivity contribution in [2.75, 3.05) is 13.6 Å². The largest absolute Gasteiger partial charge is 0.481 e. The summed E-state index contributed by atoms with van der Waals surface area (Å²) in [5, 5.41) is 9.05. The van der Waals surface area contributed by atoms with E-state index in [2.05, 4.69) is 20.8 Å². The number of amides is 1. The zero-order valence-corrected chi connectivity index (χ0v) is 12.7. The van der Waals surface area contributed by atoms with Crippen molar-refractivity contribution in [2.24, 2.45) is 10.8 Å². The number of carboxylic acids is 1. The fraction of sp³-hybridized carbons (Fsp3) is 0.867. The number of carboxylic acid groups (broad SMARTS) is 1. The third-order valence-electron chi connectivity index (χ3n) is 3.85. The molecule has 0 aliphatic heterocycles. The highest BCUT2D eigenvalue weighted by Crippen LogP contribution is 2.44. The Morgan fingerprint density at radius 2 is 1.68 bits per heavy atom. The topological polar surface area (TPSA) is 57.6 Å². The maximum absolute atomic E-state index is 12.3. The predicted molar refractivity (Wildman–Crippen MR) is 74.9 cm³/mol. The van der Waals surface area contributed by atoms with Crippen LogP contribution in [0.1, 0.15) is 59.3 Å². The summed E-state index contributed by atoms with van der Waals surface area (Å²) in [6, 6.07) is 0. The molecule has 110 valence electrons. The Kier molecular flexibility index (Phi) is 4.99. The van der Waals surface area contributed by atoms with Crippen LogP contribution in [-0.4, -0.2) is 35.5 Å². The molecule has 0 aromatic carbocycles. The predicted octanol–water partition coefficient (Wildman–Crippen LogP) is 2.92. The van der Waals surface area contributed by atoms with Gasteiger partial charge < -0.3 is 10.0 Å². The highest BCUT2D eigenvalue weighted by atomic mass is 16.4. The van der Waals surface area contributed by atoms with E-state index in [9.17, 15) is 9.59 Å². The fourth-order valence-corrected chi connectivity index (χ4v) is 3.12. The molecule has 4 heteroatoms. The average molecular weight is 269 g/mol. The number of carbonyl (C=O) groups excluding carboxylic acids is 1. The molecule has 0 bridgehead atoms. The van der Waals surface area contributed by atoms with Crippen molar-refractivity contribution in [2.45, 2.75) is 59.3 Å². The van der Waals surface area contributed by atoms with Crippen LogP contribution in [0.15, 0.2) is 0 Å². The Bertz CT molecular complexity index is 338. The molecule has 0 unspecified atom stereocenters. The lowest BCUT2D eigenvalue weighted by molar-refractivity contribution is -0.141. The van der Waals surface area contributed by atoms with E-state index in [1.165, 1.54) is 0 Å². The Morgan fingerprint density at radius 1 is 1.16 bits per heavy atom. The molecule has 0 heterocycles. The summed E-state index contributed by atoms with van der Waals surface area (Å²) in [6.45, 7) is 6.99. The van der Waals surface area contributed by atoms with Crippen LogP contribution in [0, 0.1) is 10.8 Å². The highest BCUT2D eigenvalue weighted by molar-refractivity contribution is 5.78. The van der Waals surface area contributed by atoms with Gasteiger partial charge in [-0.15, -0.1) is 0 Å². The summed E-state index contributed by atoms with van der Waals surface area (Å²) in [5.41, 5.74) is -0.227. The molecule has 0 atom stereocenters. The number of rotatable bonds is 5. The molecule has 1 fully saturated rings. The van der Waals surface area contributed by atoms with Gasteiger partial charge in [-0.1, -0.05) is 33.6 Å². The molecule has 4 nitrogen and oxygen atoms in total. The number of hydrogen-bond donors (Lipinski definition) is 1. The average Bonchev–Trinajstić information content (AvgIpc) is 2.62. The summed E-state index contributed by atoms with van der Waals surface area (Å²) >= 11 is 0. The summed E-state index contributed by atoms with van der Waals surface area (Å²) in [7, 11) is 1.82. The van der Waals surface area contributed by atoms with E-state index in [-0.39, 0.29) is 23.2 Å². The smallest absolute Gasteiger partial charge is 0.303 e. The van der Waals surface area contributed by atoms with Crippen LogP contribution < -0.4 is 0 Å². The zero-order chi connectivity index (χ0) is 14.7. The molecule has 1 amide bonds. The first kappa shape index (κ1) is 16.0. The van der Waals surface area contributed by atoms with Crippen LogP contribution in [0.3, 0.4) is 0 Å². The molecule has 0 radical (unpaired) electrons. The van der Waals surface area contributed by atoms with Crippen molar-refractivity contribution in [3.05, 3.63) is 0 Å². The molecule has 1 rings (SSSR count). The van der Waals surface area contributed by atoms with Gasteiger partial charge in [-0.25, -0.2) is 0 Å². The molecular formula is C15H27NO3. The Hall–Kier alpha value is -1.06. The van der Waals surface area contributed by atoms with E-state index in [1.54, 1.807) is 4.90 Å². The lowest BCUT2D eigenvalue weighted by Crippen LogP contribution is -2.38. The van der Waals surface area contributed by atoms with E-state index in [0.29, 0.717) is 13.0 Å². The SMILES string of the molecule is CN(CC(C)(C)C)C(=O)CC1(CC(=O)O)CCCC1. The minimum absolute atomic E-state index is 0.0695. The van der Waals surface area contributed by atoms with Gasteiger partial charge in [0.05, 0.1) is 6.42 Å². The monoisotopic (exact) mass is 269 g/mol. The van der Waals surface area contributed by atoms with Crippen molar-refractivity contribution >= 4 is 11.9 Å². The molecule has 0 saturated heterocycles. The summed E-state index contributed by atoms with van der Waals surface area (Å²) in [5.74, 6) is -0.703.